The summed E-state index contributed by atoms with van der Waals surface area (Å²) in [6.45, 7) is 0. The fourth-order valence-corrected chi connectivity index (χ4v) is 0.933. The highest BCUT2D eigenvalue weighted by atomic mass is 19.1. The van der Waals surface area contributed by atoms with Gasteiger partial charge in [0, 0.05) is 0 Å². The number of benzene rings is 1. The largest absolute Gasteiger partial charge is 0.494 e. The molecule has 0 radical (unpaired) electrons. The molecule has 3 N–H and O–H groups in total. The van der Waals surface area contributed by atoms with E-state index in [0.717, 1.165) is 0 Å². The first-order valence-electron chi connectivity index (χ1n) is 4.05. The molecule has 2 amide bonds. The van der Waals surface area contributed by atoms with Gasteiger partial charge in [0.25, 0.3) is 0 Å². The average Bonchev–Trinajstić information content (AvgIpc) is 2.17. The fraction of sp³-hybridized carbons (Fsp3) is 0.111. The molecule has 0 aliphatic heterocycles. The number of carbonyl (C=O) groups is 1. The molecule has 0 atom stereocenters. The number of nitrogens with two attached hydrogens (primary N) is 1. The van der Waals surface area contributed by atoms with E-state index in [1.54, 1.807) is 6.07 Å². The minimum absolute atomic E-state index is 0.148. The second kappa shape index (κ2) is 4.94. The van der Waals surface area contributed by atoms with Crippen LogP contribution in [0.1, 0.15) is 5.56 Å². The Labute approximate surface area is 85.7 Å². The summed E-state index contributed by atoms with van der Waals surface area (Å²) in [5.41, 5.74) is 7.26. The van der Waals surface area contributed by atoms with E-state index in [0.29, 0.717) is 5.56 Å². The summed E-state index contributed by atoms with van der Waals surface area (Å²) < 4.78 is 17.9. The van der Waals surface area contributed by atoms with E-state index >= 15 is 0 Å². The van der Waals surface area contributed by atoms with Gasteiger partial charge >= 0.3 is 6.03 Å². The highest BCUT2D eigenvalue weighted by Gasteiger charge is 2.01. The monoisotopic (exact) mass is 211 g/mol. The molecule has 0 aliphatic rings. The van der Waals surface area contributed by atoms with Gasteiger partial charge in [0.1, 0.15) is 0 Å². The first-order chi connectivity index (χ1) is 7.13. The summed E-state index contributed by atoms with van der Waals surface area (Å²) in [7, 11) is 1.38. The van der Waals surface area contributed by atoms with Crippen LogP contribution in [0.15, 0.2) is 23.3 Å². The number of hydrogen-bond acceptors (Lipinski definition) is 3. The second-order valence-electron chi connectivity index (χ2n) is 2.63. The topological polar surface area (TPSA) is 76.7 Å². The van der Waals surface area contributed by atoms with Crippen molar-refractivity contribution in [1.82, 2.24) is 5.43 Å². The van der Waals surface area contributed by atoms with Crippen LogP contribution >= 0.6 is 0 Å². The first kappa shape index (κ1) is 11.0. The molecule has 80 valence electrons. The minimum atomic E-state index is -0.778. The maximum absolute atomic E-state index is 13.1. The van der Waals surface area contributed by atoms with Crippen molar-refractivity contribution >= 4 is 12.2 Å². The van der Waals surface area contributed by atoms with Gasteiger partial charge in [0.05, 0.1) is 13.3 Å². The lowest BCUT2D eigenvalue weighted by Gasteiger charge is -2.01. The van der Waals surface area contributed by atoms with Crippen molar-refractivity contribution in [1.29, 1.82) is 0 Å². The predicted molar refractivity (Wildman–Crippen MR) is 53.3 cm³/mol. The van der Waals surface area contributed by atoms with Crippen LogP contribution in [0.4, 0.5) is 9.18 Å². The zero-order valence-corrected chi connectivity index (χ0v) is 8.03. The van der Waals surface area contributed by atoms with Crippen LogP contribution in [0.2, 0.25) is 0 Å². The molecule has 0 saturated carbocycles. The highest BCUT2D eigenvalue weighted by molar-refractivity contribution is 5.81. The van der Waals surface area contributed by atoms with Crippen LogP contribution in [0.5, 0.6) is 5.75 Å². The van der Waals surface area contributed by atoms with Crippen molar-refractivity contribution in [2.75, 3.05) is 7.11 Å². The smallest absolute Gasteiger partial charge is 0.332 e. The Bertz CT molecular complexity index is 393. The standard InChI is InChI=1S/C9H10FN3O2/c1-15-8-3-2-6(4-7(8)10)5-12-13-9(11)14/h2-5H,1H3,(H3,11,13,14)/b12-5-. The van der Waals surface area contributed by atoms with Crippen LogP contribution < -0.4 is 15.9 Å². The maximum Gasteiger partial charge on any atom is 0.332 e. The molecule has 1 rings (SSSR count). The van der Waals surface area contributed by atoms with Crippen LogP contribution in [-0.4, -0.2) is 19.4 Å². The van der Waals surface area contributed by atoms with Crippen LogP contribution in [-0.2, 0) is 0 Å². The molecule has 0 heterocycles. The average molecular weight is 211 g/mol. The third-order valence-electron chi connectivity index (χ3n) is 1.56. The van der Waals surface area contributed by atoms with Crippen molar-refractivity contribution in [2.24, 2.45) is 10.8 Å². The molecular weight excluding hydrogens is 201 g/mol. The van der Waals surface area contributed by atoms with Gasteiger partial charge in [-0.15, -0.1) is 0 Å². The van der Waals surface area contributed by atoms with Crippen LogP contribution in [0.3, 0.4) is 0 Å². The van der Waals surface area contributed by atoms with E-state index < -0.39 is 11.8 Å². The number of ether oxygens (including phenoxy) is 1. The third kappa shape index (κ3) is 3.26. The number of hydrazone groups is 1. The number of primary amides is 1. The number of urea groups is 1. The Hall–Kier alpha value is -2.11. The van der Waals surface area contributed by atoms with E-state index in [1.165, 1.54) is 25.5 Å². The molecule has 0 saturated heterocycles. The fourth-order valence-electron chi connectivity index (χ4n) is 0.933. The zero-order chi connectivity index (χ0) is 11.3. The molecule has 0 aromatic heterocycles. The Morgan fingerprint density at radius 3 is 2.93 bits per heavy atom. The third-order valence-corrected chi connectivity index (χ3v) is 1.56. The molecule has 5 nitrogen and oxygen atoms in total. The van der Waals surface area contributed by atoms with Crippen LogP contribution in [0.25, 0.3) is 0 Å². The molecule has 0 fully saturated rings. The molecule has 1 aromatic carbocycles. The zero-order valence-electron chi connectivity index (χ0n) is 8.03. The summed E-state index contributed by atoms with van der Waals surface area (Å²) in [4.78, 5) is 10.3. The normalized spacial score (nSPS) is 10.3. The van der Waals surface area contributed by atoms with Crippen LogP contribution in [0, 0.1) is 5.82 Å². The summed E-state index contributed by atoms with van der Waals surface area (Å²) >= 11 is 0. The van der Waals surface area contributed by atoms with E-state index in [-0.39, 0.29) is 5.75 Å². The predicted octanol–water partition coefficient (Wildman–Crippen LogP) is 0.837. The quantitative estimate of drug-likeness (QED) is 0.574. The summed E-state index contributed by atoms with van der Waals surface area (Å²) in [6, 6.07) is 3.50. The molecule has 0 bridgehead atoms. The molecule has 6 heteroatoms. The van der Waals surface area contributed by atoms with E-state index in [1.807, 2.05) is 5.43 Å². The Morgan fingerprint density at radius 2 is 2.40 bits per heavy atom. The molecule has 15 heavy (non-hydrogen) atoms. The lowest BCUT2D eigenvalue weighted by atomic mass is 10.2. The molecule has 0 unspecified atom stereocenters. The van der Waals surface area contributed by atoms with Crippen molar-refractivity contribution in [3.05, 3.63) is 29.6 Å². The summed E-state index contributed by atoms with van der Waals surface area (Å²) in [5, 5.41) is 3.48. The SMILES string of the molecule is COc1ccc(/C=N\NC(N)=O)cc1F. The number of halogens is 1. The number of amides is 2. The van der Waals surface area contributed by atoms with Gasteiger partial charge < -0.3 is 10.5 Å². The number of hydrogen-bond donors (Lipinski definition) is 2. The molecule has 0 spiro atoms. The lowest BCUT2D eigenvalue weighted by molar-refractivity contribution is 0.249. The second-order valence-corrected chi connectivity index (χ2v) is 2.63. The van der Waals surface area contributed by atoms with Gasteiger partial charge in [-0.2, -0.15) is 5.10 Å². The van der Waals surface area contributed by atoms with E-state index in [2.05, 4.69) is 5.10 Å². The van der Waals surface area contributed by atoms with Crippen molar-refractivity contribution in [3.63, 3.8) is 0 Å². The van der Waals surface area contributed by atoms with Crippen molar-refractivity contribution < 1.29 is 13.9 Å². The van der Waals surface area contributed by atoms with Gasteiger partial charge in [-0.3, -0.25) is 0 Å². The highest BCUT2D eigenvalue weighted by Crippen LogP contribution is 2.16. The number of nitrogens with one attached hydrogen (secondary N) is 1. The Kier molecular flexibility index (Phi) is 3.61. The number of methoxy groups -OCH3 is 1. The number of nitrogens with zero attached hydrogens (tertiary/aromatic N) is 1. The minimum Gasteiger partial charge on any atom is -0.494 e. The van der Waals surface area contributed by atoms with E-state index in [9.17, 15) is 9.18 Å². The van der Waals surface area contributed by atoms with Gasteiger partial charge in [-0.1, -0.05) is 0 Å². The first-order valence-corrected chi connectivity index (χ1v) is 4.05. The van der Waals surface area contributed by atoms with Gasteiger partial charge in [-0.05, 0) is 23.8 Å². The molecule has 0 aliphatic carbocycles. The van der Waals surface area contributed by atoms with Gasteiger partial charge in [-0.25, -0.2) is 14.6 Å². The summed E-state index contributed by atoms with van der Waals surface area (Å²) in [6.07, 6.45) is 1.27. The molecular formula is C9H10FN3O2. The van der Waals surface area contributed by atoms with Crippen molar-refractivity contribution in [3.8, 4) is 5.75 Å². The lowest BCUT2D eigenvalue weighted by Crippen LogP contribution is -2.24. The maximum atomic E-state index is 13.1. The Morgan fingerprint density at radius 1 is 1.67 bits per heavy atom. The number of carbonyl (C=O) groups excluding carboxylic acids is 1. The Balaban J connectivity index is 2.75. The van der Waals surface area contributed by atoms with Crippen molar-refractivity contribution in [2.45, 2.75) is 0 Å². The van der Waals surface area contributed by atoms with Gasteiger partial charge in [0.15, 0.2) is 11.6 Å². The summed E-state index contributed by atoms with van der Waals surface area (Å²) in [5.74, 6) is -0.351. The number of rotatable bonds is 3. The molecule has 1 aromatic rings. The van der Waals surface area contributed by atoms with Gasteiger partial charge in [0.2, 0.25) is 0 Å². The van der Waals surface area contributed by atoms with E-state index in [4.69, 9.17) is 10.5 Å².